The molecular formula is C15H15BrNO2S+. The summed E-state index contributed by atoms with van der Waals surface area (Å²) < 4.78 is 8.18. The number of halogens is 1. The van der Waals surface area contributed by atoms with Crippen molar-refractivity contribution in [3.63, 3.8) is 0 Å². The first-order valence-electron chi connectivity index (χ1n) is 6.11. The molecule has 0 fully saturated rings. The van der Waals surface area contributed by atoms with Crippen molar-refractivity contribution in [1.29, 1.82) is 0 Å². The number of esters is 1. The van der Waals surface area contributed by atoms with Gasteiger partial charge < -0.3 is 4.74 Å². The molecule has 0 unspecified atom stereocenters. The number of aryl methyl sites for hydroxylation is 1. The van der Waals surface area contributed by atoms with Gasteiger partial charge in [-0.3, -0.25) is 4.79 Å². The molecule has 2 rings (SSSR count). The second kappa shape index (κ2) is 7.45. The van der Waals surface area contributed by atoms with E-state index < -0.39 is 0 Å². The Hall–Kier alpha value is -1.33. The van der Waals surface area contributed by atoms with Crippen molar-refractivity contribution < 1.29 is 14.1 Å². The first-order valence-corrected chi connectivity index (χ1v) is 7.89. The molecule has 2 aromatic rings. The van der Waals surface area contributed by atoms with Gasteiger partial charge in [-0.05, 0) is 17.7 Å². The topological polar surface area (TPSA) is 30.2 Å². The van der Waals surface area contributed by atoms with E-state index >= 15 is 0 Å². The maximum absolute atomic E-state index is 11.7. The number of pyridine rings is 1. The van der Waals surface area contributed by atoms with Crippen LogP contribution >= 0.6 is 27.7 Å². The first-order chi connectivity index (χ1) is 9.63. The third-order valence-electron chi connectivity index (χ3n) is 2.59. The van der Waals surface area contributed by atoms with E-state index in [0.717, 1.165) is 14.9 Å². The fourth-order valence-corrected chi connectivity index (χ4v) is 2.69. The van der Waals surface area contributed by atoms with Crippen molar-refractivity contribution in [3.05, 3.63) is 58.8 Å². The molecule has 0 atom stereocenters. The summed E-state index contributed by atoms with van der Waals surface area (Å²) in [5, 5.41) is 0. The molecule has 1 aromatic carbocycles. The lowest BCUT2D eigenvalue weighted by Gasteiger charge is -2.05. The Bertz CT molecular complexity index is 587. The summed E-state index contributed by atoms with van der Waals surface area (Å²) in [4.78, 5) is 12.7. The van der Waals surface area contributed by atoms with E-state index in [-0.39, 0.29) is 5.97 Å². The zero-order valence-electron chi connectivity index (χ0n) is 11.1. The third kappa shape index (κ3) is 4.98. The lowest BCUT2D eigenvalue weighted by Crippen LogP contribution is -2.25. The minimum atomic E-state index is -0.205. The quantitative estimate of drug-likeness (QED) is 0.470. The number of hydrogen-bond donors (Lipinski definition) is 0. The third-order valence-corrected chi connectivity index (χ3v) is 4.07. The zero-order valence-corrected chi connectivity index (χ0v) is 13.5. The van der Waals surface area contributed by atoms with Crippen molar-refractivity contribution >= 4 is 33.7 Å². The van der Waals surface area contributed by atoms with Crippen LogP contribution in [0.5, 0.6) is 0 Å². The van der Waals surface area contributed by atoms with E-state index in [1.807, 2.05) is 60.4 Å². The van der Waals surface area contributed by atoms with Gasteiger partial charge >= 0.3 is 5.97 Å². The van der Waals surface area contributed by atoms with Crippen LogP contribution in [0.3, 0.4) is 0 Å². The molecule has 0 saturated carbocycles. The molecule has 0 saturated heterocycles. The second-order valence-corrected chi connectivity index (χ2v) is 6.24. The number of carbonyl (C=O) groups excluding carboxylic acids is 1. The van der Waals surface area contributed by atoms with E-state index in [4.69, 9.17) is 4.74 Å². The van der Waals surface area contributed by atoms with Crippen molar-refractivity contribution in [2.75, 3.05) is 5.75 Å². The average Bonchev–Trinajstić information content (AvgIpc) is 2.45. The molecule has 5 heteroatoms. The number of hydrogen-bond acceptors (Lipinski definition) is 3. The van der Waals surface area contributed by atoms with E-state index in [1.165, 1.54) is 11.8 Å². The number of thioether (sulfide) groups is 1. The molecule has 1 aromatic heterocycles. The van der Waals surface area contributed by atoms with E-state index in [1.54, 1.807) is 0 Å². The maximum atomic E-state index is 11.7. The van der Waals surface area contributed by atoms with Crippen molar-refractivity contribution in [2.24, 2.45) is 7.05 Å². The molecule has 0 amide bonds. The van der Waals surface area contributed by atoms with Crippen LogP contribution in [-0.2, 0) is 23.2 Å². The van der Waals surface area contributed by atoms with Crippen LogP contribution in [0.4, 0.5) is 0 Å². The van der Waals surface area contributed by atoms with Gasteiger partial charge in [0.2, 0.25) is 0 Å². The van der Waals surface area contributed by atoms with Crippen LogP contribution < -0.4 is 4.57 Å². The Morgan fingerprint density at radius 2 is 2.05 bits per heavy atom. The van der Waals surface area contributed by atoms with Crippen LogP contribution in [0.15, 0.2) is 58.2 Å². The molecule has 0 bridgehead atoms. The predicted octanol–water partition coefficient (Wildman–Crippen LogP) is 3.11. The summed E-state index contributed by atoms with van der Waals surface area (Å²) in [6.45, 7) is 0.308. The normalized spacial score (nSPS) is 10.3. The van der Waals surface area contributed by atoms with Gasteiger partial charge in [-0.15, -0.1) is 11.8 Å². The van der Waals surface area contributed by atoms with E-state index in [9.17, 15) is 4.79 Å². The van der Waals surface area contributed by atoms with Crippen LogP contribution in [0.2, 0.25) is 0 Å². The summed E-state index contributed by atoms with van der Waals surface area (Å²) in [6, 6.07) is 11.7. The Labute approximate surface area is 131 Å². The van der Waals surface area contributed by atoms with Gasteiger partial charge in [-0.2, -0.15) is 0 Å². The van der Waals surface area contributed by atoms with Crippen LogP contribution in [-0.4, -0.2) is 11.7 Å². The van der Waals surface area contributed by atoms with Gasteiger partial charge in [0.25, 0.3) is 0 Å². The average molecular weight is 353 g/mol. The van der Waals surface area contributed by atoms with Crippen LogP contribution in [0.25, 0.3) is 0 Å². The highest BCUT2D eigenvalue weighted by atomic mass is 79.9. The Balaban J connectivity index is 1.77. The second-order valence-electron chi connectivity index (χ2n) is 4.28. The summed E-state index contributed by atoms with van der Waals surface area (Å²) in [5.41, 5.74) is 0.976. The standard InChI is InChI=1S/C15H15BrNO2S/c1-17-7-5-14(6-8-17)20-11-15(18)19-10-12-3-2-4-13(16)9-12/h2-9H,10-11H2,1H3/q+1. The lowest BCUT2D eigenvalue weighted by molar-refractivity contribution is -0.671. The number of benzene rings is 1. The number of nitrogens with zero attached hydrogens (tertiary/aromatic N) is 1. The Morgan fingerprint density at radius 1 is 1.30 bits per heavy atom. The molecule has 0 spiro atoms. The van der Waals surface area contributed by atoms with Gasteiger partial charge in [0.15, 0.2) is 12.4 Å². The van der Waals surface area contributed by atoms with Crippen molar-refractivity contribution in [1.82, 2.24) is 0 Å². The Morgan fingerprint density at radius 3 is 2.75 bits per heavy atom. The molecule has 0 N–H and O–H groups in total. The first kappa shape index (κ1) is 15.1. The highest BCUT2D eigenvalue weighted by Crippen LogP contribution is 2.17. The van der Waals surface area contributed by atoms with Gasteiger partial charge in [-0.1, -0.05) is 28.1 Å². The molecule has 104 valence electrons. The van der Waals surface area contributed by atoms with Gasteiger partial charge in [0, 0.05) is 21.5 Å². The molecular weight excluding hydrogens is 338 g/mol. The van der Waals surface area contributed by atoms with Crippen LogP contribution in [0, 0.1) is 0 Å². The number of rotatable bonds is 5. The zero-order chi connectivity index (χ0) is 14.4. The summed E-state index contributed by atoms with van der Waals surface area (Å²) in [7, 11) is 1.96. The maximum Gasteiger partial charge on any atom is 0.316 e. The predicted molar refractivity (Wildman–Crippen MR) is 82.3 cm³/mol. The molecule has 0 aliphatic heterocycles. The van der Waals surface area contributed by atoms with Crippen molar-refractivity contribution in [3.8, 4) is 0 Å². The molecule has 1 heterocycles. The lowest BCUT2D eigenvalue weighted by atomic mass is 10.2. The number of carbonyl (C=O) groups is 1. The van der Waals surface area contributed by atoms with Crippen molar-refractivity contribution in [2.45, 2.75) is 11.5 Å². The monoisotopic (exact) mass is 352 g/mol. The number of aromatic nitrogens is 1. The summed E-state index contributed by atoms with van der Waals surface area (Å²) >= 11 is 4.87. The molecule has 0 aliphatic carbocycles. The van der Waals surface area contributed by atoms with Gasteiger partial charge in [0.1, 0.15) is 13.7 Å². The van der Waals surface area contributed by atoms with E-state index in [0.29, 0.717) is 12.4 Å². The smallest absolute Gasteiger partial charge is 0.316 e. The fraction of sp³-hybridized carbons (Fsp3) is 0.200. The highest BCUT2D eigenvalue weighted by molar-refractivity contribution is 9.10. The summed E-state index contributed by atoms with van der Waals surface area (Å²) in [6.07, 6.45) is 3.91. The fourth-order valence-electron chi connectivity index (χ4n) is 1.56. The largest absolute Gasteiger partial charge is 0.460 e. The minimum Gasteiger partial charge on any atom is -0.460 e. The summed E-state index contributed by atoms with van der Waals surface area (Å²) in [5.74, 6) is 0.116. The Kier molecular flexibility index (Phi) is 5.61. The van der Waals surface area contributed by atoms with Gasteiger partial charge in [-0.25, -0.2) is 4.57 Å². The molecule has 20 heavy (non-hydrogen) atoms. The van der Waals surface area contributed by atoms with E-state index in [2.05, 4.69) is 15.9 Å². The minimum absolute atomic E-state index is 0.205. The molecule has 3 nitrogen and oxygen atoms in total. The molecule has 0 radical (unpaired) electrons. The number of ether oxygens (including phenoxy) is 1. The SMILES string of the molecule is C[n+]1ccc(SCC(=O)OCc2cccc(Br)c2)cc1. The van der Waals surface area contributed by atoms with Crippen LogP contribution in [0.1, 0.15) is 5.56 Å². The van der Waals surface area contributed by atoms with Gasteiger partial charge in [0.05, 0.1) is 5.75 Å². The highest BCUT2D eigenvalue weighted by Gasteiger charge is 2.06. The molecule has 0 aliphatic rings.